The monoisotopic (exact) mass is 374 g/mol. The molecule has 1 saturated carbocycles. The van der Waals surface area contributed by atoms with Gasteiger partial charge in [-0.1, -0.05) is 43.0 Å². The Bertz CT molecular complexity index is 746. The van der Waals surface area contributed by atoms with Gasteiger partial charge in [0.25, 0.3) is 5.91 Å². The number of esters is 1. The average molecular weight is 375 g/mol. The number of rotatable bonds is 5. The number of nitriles is 1. The van der Waals surface area contributed by atoms with Gasteiger partial charge in [-0.05, 0) is 43.0 Å². The maximum atomic E-state index is 12.3. The summed E-state index contributed by atoms with van der Waals surface area (Å²) in [6.07, 6.45) is 7.09. The van der Waals surface area contributed by atoms with Crippen LogP contribution in [0.4, 0.5) is 0 Å². The fourth-order valence-corrected chi connectivity index (χ4v) is 3.24. The standard InChI is InChI=1S/C20H23ClN2O3/c1-15-6-7-16(12-17(15)21)8-9-19(25)26-13-18(24)23(2)20(14-22)10-4-3-5-11-20/h6-9,12H,3-5,10-11,13H2,1-2H3/b9-8+. The van der Waals surface area contributed by atoms with E-state index < -0.39 is 11.5 Å². The molecule has 0 bridgehead atoms. The van der Waals surface area contributed by atoms with E-state index in [1.807, 2.05) is 19.1 Å². The van der Waals surface area contributed by atoms with Crippen molar-refractivity contribution in [1.82, 2.24) is 4.90 Å². The number of aryl methyl sites for hydroxylation is 1. The highest BCUT2D eigenvalue weighted by atomic mass is 35.5. The summed E-state index contributed by atoms with van der Waals surface area (Å²) in [4.78, 5) is 25.6. The largest absolute Gasteiger partial charge is 0.452 e. The lowest BCUT2D eigenvalue weighted by molar-refractivity contribution is -0.150. The quantitative estimate of drug-likeness (QED) is 0.579. The summed E-state index contributed by atoms with van der Waals surface area (Å²) in [5, 5.41) is 10.1. The Kier molecular flexibility index (Phi) is 6.82. The normalized spacial score (nSPS) is 16.1. The molecule has 6 heteroatoms. The third-order valence-corrected chi connectivity index (χ3v) is 5.26. The van der Waals surface area contributed by atoms with Gasteiger partial charge in [0, 0.05) is 18.1 Å². The number of halogens is 1. The van der Waals surface area contributed by atoms with Crippen molar-refractivity contribution in [1.29, 1.82) is 5.26 Å². The van der Waals surface area contributed by atoms with Gasteiger partial charge in [0.2, 0.25) is 0 Å². The van der Waals surface area contributed by atoms with Crippen LogP contribution in [0.15, 0.2) is 24.3 Å². The minimum atomic E-state index is -0.782. The number of nitrogens with zero attached hydrogens (tertiary/aromatic N) is 2. The minimum Gasteiger partial charge on any atom is -0.452 e. The molecule has 1 aromatic carbocycles. The first-order chi connectivity index (χ1) is 12.4. The van der Waals surface area contributed by atoms with Crippen molar-refractivity contribution in [2.75, 3.05) is 13.7 Å². The van der Waals surface area contributed by atoms with E-state index in [1.54, 1.807) is 19.2 Å². The van der Waals surface area contributed by atoms with E-state index in [0.29, 0.717) is 17.9 Å². The van der Waals surface area contributed by atoms with Crippen molar-refractivity contribution in [2.45, 2.75) is 44.6 Å². The Balaban J connectivity index is 1.89. The number of ether oxygens (including phenoxy) is 1. The van der Waals surface area contributed by atoms with Crippen LogP contribution < -0.4 is 0 Å². The molecule has 0 aromatic heterocycles. The molecule has 0 aliphatic heterocycles. The summed E-state index contributed by atoms with van der Waals surface area (Å²) >= 11 is 6.04. The zero-order valence-corrected chi connectivity index (χ0v) is 15.9. The van der Waals surface area contributed by atoms with Crippen LogP contribution in [-0.4, -0.2) is 36.0 Å². The summed E-state index contributed by atoms with van der Waals surface area (Å²) in [5.41, 5.74) is 0.941. The van der Waals surface area contributed by atoms with E-state index in [2.05, 4.69) is 6.07 Å². The number of carbonyl (C=O) groups is 2. The van der Waals surface area contributed by atoms with Gasteiger partial charge < -0.3 is 9.64 Å². The number of likely N-dealkylation sites (N-methyl/N-ethyl adjacent to an activating group) is 1. The molecule has 0 spiro atoms. The van der Waals surface area contributed by atoms with Gasteiger partial charge in [-0.3, -0.25) is 4.79 Å². The van der Waals surface area contributed by atoms with Gasteiger partial charge in [-0.15, -0.1) is 0 Å². The first-order valence-corrected chi connectivity index (χ1v) is 9.05. The summed E-state index contributed by atoms with van der Waals surface area (Å²) in [5.74, 6) is -0.980. The van der Waals surface area contributed by atoms with Gasteiger partial charge in [0.15, 0.2) is 6.61 Å². The fraction of sp³-hybridized carbons (Fsp3) is 0.450. The van der Waals surface area contributed by atoms with Crippen LogP contribution in [0.1, 0.15) is 43.2 Å². The highest BCUT2D eigenvalue weighted by Gasteiger charge is 2.38. The van der Waals surface area contributed by atoms with Gasteiger partial charge in [-0.25, -0.2) is 4.79 Å². The van der Waals surface area contributed by atoms with Gasteiger partial charge in [-0.2, -0.15) is 5.26 Å². The van der Waals surface area contributed by atoms with Gasteiger partial charge >= 0.3 is 5.97 Å². The van der Waals surface area contributed by atoms with Crippen molar-refractivity contribution >= 4 is 29.6 Å². The van der Waals surface area contributed by atoms with Crippen molar-refractivity contribution in [2.24, 2.45) is 0 Å². The number of hydrogen-bond donors (Lipinski definition) is 0. The molecule has 1 aromatic rings. The molecule has 0 heterocycles. The Hall–Kier alpha value is -2.32. The number of carbonyl (C=O) groups excluding carboxylic acids is 2. The summed E-state index contributed by atoms with van der Waals surface area (Å²) < 4.78 is 5.02. The molecule has 1 aliphatic carbocycles. The maximum absolute atomic E-state index is 12.3. The van der Waals surface area contributed by atoms with Gasteiger partial charge in [0.1, 0.15) is 5.54 Å². The zero-order valence-electron chi connectivity index (χ0n) is 15.1. The third-order valence-electron chi connectivity index (χ3n) is 4.85. The van der Waals surface area contributed by atoms with Crippen molar-refractivity contribution < 1.29 is 14.3 Å². The first-order valence-electron chi connectivity index (χ1n) is 8.67. The second-order valence-electron chi connectivity index (χ2n) is 6.61. The molecular formula is C20H23ClN2O3. The Morgan fingerprint density at radius 2 is 2.04 bits per heavy atom. The van der Waals surface area contributed by atoms with E-state index in [-0.39, 0.29) is 12.5 Å². The predicted octanol–water partition coefficient (Wildman–Crippen LogP) is 3.89. The predicted molar refractivity (Wildman–Crippen MR) is 100 cm³/mol. The van der Waals surface area contributed by atoms with E-state index >= 15 is 0 Å². The van der Waals surface area contributed by atoms with Crippen LogP contribution in [0.25, 0.3) is 6.08 Å². The van der Waals surface area contributed by atoms with Crippen LogP contribution in [0.3, 0.4) is 0 Å². The lowest BCUT2D eigenvalue weighted by Crippen LogP contribution is -2.51. The fourth-order valence-electron chi connectivity index (χ4n) is 3.05. The molecule has 5 nitrogen and oxygen atoms in total. The third kappa shape index (κ3) is 4.86. The summed E-state index contributed by atoms with van der Waals surface area (Å²) in [6.45, 7) is 1.52. The molecule has 1 fully saturated rings. The molecule has 1 amide bonds. The van der Waals surface area contributed by atoms with Crippen molar-refractivity contribution in [3.05, 3.63) is 40.4 Å². The number of benzene rings is 1. The molecule has 138 valence electrons. The second-order valence-corrected chi connectivity index (χ2v) is 7.01. The zero-order chi connectivity index (χ0) is 19.2. The molecule has 26 heavy (non-hydrogen) atoms. The van der Waals surface area contributed by atoms with Crippen LogP contribution in [0.5, 0.6) is 0 Å². The van der Waals surface area contributed by atoms with Crippen LogP contribution >= 0.6 is 11.6 Å². The van der Waals surface area contributed by atoms with E-state index in [4.69, 9.17) is 16.3 Å². The molecule has 0 unspecified atom stereocenters. The smallest absolute Gasteiger partial charge is 0.331 e. The lowest BCUT2D eigenvalue weighted by Gasteiger charge is -2.38. The minimum absolute atomic E-state index is 0.367. The van der Waals surface area contributed by atoms with E-state index in [0.717, 1.165) is 30.4 Å². The Morgan fingerprint density at radius 3 is 2.65 bits per heavy atom. The van der Waals surface area contributed by atoms with Gasteiger partial charge in [0.05, 0.1) is 6.07 Å². The molecule has 0 radical (unpaired) electrons. The topological polar surface area (TPSA) is 70.4 Å². The Morgan fingerprint density at radius 1 is 1.35 bits per heavy atom. The molecular weight excluding hydrogens is 352 g/mol. The van der Waals surface area contributed by atoms with E-state index in [1.165, 1.54) is 11.0 Å². The summed E-state index contributed by atoms with van der Waals surface area (Å²) in [7, 11) is 1.61. The van der Waals surface area contributed by atoms with Crippen LogP contribution in [0, 0.1) is 18.3 Å². The lowest BCUT2D eigenvalue weighted by atomic mass is 9.81. The number of amides is 1. The van der Waals surface area contributed by atoms with Crippen LogP contribution in [-0.2, 0) is 14.3 Å². The van der Waals surface area contributed by atoms with Crippen molar-refractivity contribution in [3.63, 3.8) is 0 Å². The number of hydrogen-bond acceptors (Lipinski definition) is 4. The highest BCUT2D eigenvalue weighted by Crippen LogP contribution is 2.32. The Labute approximate surface area is 159 Å². The molecule has 2 rings (SSSR count). The van der Waals surface area contributed by atoms with Crippen molar-refractivity contribution in [3.8, 4) is 6.07 Å². The molecule has 0 N–H and O–H groups in total. The molecule has 0 atom stereocenters. The van der Waals surface area contributed by atoms with Crippen LogP contribution in [0.2, 0.25) is 5.02 Å². The summed E-state index contributed by atoms with van der Waals surface area (Å²) in [6, 6.07) is 7.73. The second kappa shape index (κ2) is 8.86. The molecule has 0 saturated heterocycles. The highest BCUT2D eigenvalue weighted by molar-refractivity contribution is 6.31. The first kappa shape index (κ1) is 20.0. The molecule has 1 aliphatic rings. The average Bonchev–Trinajstić information content (AvgIpc) is 2.66. The maximum Gasteiger partial charge on any atom is 0.331 e. The van der Waals surface area contributed by atoms with E-state index in [9.17, 15) is 14.9 Å². The SMILES string of the molecule is Cc1ccc(/C=C/C(=O)OCC(=O)N(C)C2(C#N)CCCCC2)cc1Cl.